The first kappa shape index (κ1) is 17.2. The van der Waals surface area contributed by atoms with Crippen LogP contribution in [0, 0.1) is 0 Å². The number of nitrogens with one attached hydrogen (secondary N) is 1. The van der Waals surface area contributed by atoms with Crippen LogP contribution in [0.5, 0.6) is 0 Å². The lowest BCUT2D eigenvalue weighted by Gasteiger charge is -2.40. The van der Waals surface area contributed by atoms with Crippen molar-refractivity contribution in [3.8, 4) is 11.4 Å². The molecule has 0 aliphatic carbocycles. The standard InChI is InChI=1S/C18H20ClFN6/c1-12-10-26(9-8-25(12)7-6-20)14-4-2-13(3-5-14)17-23-15-16(19)21-11-22-18(15)24-17/h2-5,11-12H,6-10H2,1H3,(H,21,22,23,24). The van der Waals surface area contributed by atoms with Crippen LogP contribution >= 0.6 is 11.6 Å². The van der Waals surface area contributed by atoms with E-state index in [1.807, 2.05) is 12.1 Å². The highest BCUT2D eigenvalue weighted by Crippen LogP contribution is 2.26. The van der Waals surface area contributed by atoms with Crippen LogP contribution in [0.4, 0.5) is 10.1 Å². The number of anilines is 1. The zero-order valence-corrected chi connectivity index (χ0v) is 15.2. The van der Waals surface area contributed by atoms with Crippen molar-refractivity contribution in [3.63, 3.8) is 0 Å². The summed E-state index contributed by atoms with van der Waals surface area (Å²) in [4.78, 5) is 20.3. The van der Waals surface area contributed by atoms with Gasteiger partial charge in [-0.05, 0) is 31.2 Å². The fourth-order valence-electron chi connectivity index (χ4n) is 3.44. The number of H-pyrrole nitrogens is 1. The monoisotopic (exact) mass is 374 g/mol. The van der Waals surface area contributed by atoms with Gasteiger partial charge in [0.2, 0.25) is 0 Å². The Morgan fingerprint density at radius 1 is 1.23 bits per heavy atom. The van der Waals surface area contributed by atoms with E-state index in [1.165, 1.54) is 6.33 Å². The molecule has 0 radical (unpaired) electrons. The van der Waals surface area contributed by atoms with Crippen LogP contribution in [0.1, 0.15) is 6.92 Å². The minimum atomic E-state index is -0.287. The van der Waals surface area contributed by atoms with Gasteiger partial charge in [-0.3, -0.25) is 4.90 Å². The molecule has 0 amide bonds. The first-order valence-corrected chi connectivity index (χ1v) is 9.05. The fourth-order valence-corrected chi connectivity index (χ4v) is 3.61. The molecule has 26 heavy (non-hydrogen) atoms. The predicted molar refractivity (Wildman–Crippen MR) is 101 cm³/mol. The number of hydrogen-bond acceptors (Lipinski definition) is 5. The highest BCUT2D eigenvalue weighted by atomic mass is 35.5. The highest BCUT2D eigenvalue weighted by molar-refractivity contribution is 6.33. The summed E-state index contributed by atoms with van der Waals surface area (Å²) < 4.78 is 12.6. The Kier molecular flexibility index (Phi) is 4.74. The van der Waals surface area contributed by atoms with Crippen LogP contribution in [0.2, 0.25) is 5.15 Å². The molecule has 4 rings (SSSR count). The van der Waals surface area contributed by atoms with E-state index < -0.39 is 0 Å². The lowest BCUT2D eigenvalue weighted by molar-refractivity contribution is 0.175. The third-order valence-electron chi connectivity index (χ3n) is 4.88. The van der Waals surface area contributed by atoms with Crippen molar-refractivity contribution in [1.29, 1.82) is 0 Å². The molecule has 1 unspecified atom stereocenters. The molecule has 1 aliphatic heterocycles. The third kappa shape index (κ3) is 3.24. The van der Waals surface area contributed by atoms with Gasteiger partial charge in [-0.15, -0.1) is 0 Å². The first-order chi connectivity index (χ1) is 12.7. The topological polar surface area (TPSA) is 60.9 Å². The Labute approximate surface area is 156 Å². The van der Waals surface area contributed by atoms with Crippen LogP contribution in [0.3, 0.4) is 0 Å². The Bertz CT molecular complexity index is 896. The lowest BCUT2D eigenvalue weighted by atomic mass is 10.1. The number of halogens is 2. The second-order valence-electron chi connectivity index (χ2n) is 6.52. The van der Waals surface area contributed by atoms with E-state index in [0.29, 0.717) is 28.9 Å². The number of rotatable bonds is 4. The van der Waals surface area contributed by atoms with Crippen molar-refractivity contribution >= 4 is 28.5 Å². The molecule has 0 bridgehead atoms. The molecule has 1 fully saturated rings. The van der Waals surface area contributed by atoms with Crippen molar-refractivity contribution < 1.29 is 4.39 Å². The maximum atomic E-state index is 12.6. The fraction of sp³-hybridized carbons (Fsp3) is 0.389. The van der Waals surface area contributed by atoms with Gasteiger partial charge in [-0.2, -0.15) is 0 Å². The van der Waals surface area contributed by atoms with Crippen molar-refractivity contribution in [1.82, 2.24) is 24.8 Å². The lowest BCUT2D eigenvalue weighted by Crippen LogP contribution is -2.52. The molecule has 1 N–H and O–H groups in total. The van der Waals surface area contributed by atoms with E-state index in [2.05, 4.69) is 48.8 Å². The number of piperazine rings is 1. The summed E-state index contributed by atoms with van der Waals surface area (Å²) in [6.07, 6.45) is 1.40. The summed E-state index contributed by atoms with van der Waals surface area (Å²) >= 11 is 6.08. The van der Waals surface area contributed by atoms with Crippen LogP contribution in [0.15, 0.2) is 30.6 Å². The number of alkyl halides is 1. The van der Waals surface area contributed by atoms with Crippen LogP contribution in [0.25, 0.3) is 22.6 Å². The summed E-state index contributed by atoms with van der Waals surface area (Å²) in [6.45, 7) is 5.06. The minimum Gasteiger partial charge on any atom is -0.369 e. The molecule has 8 heteroatoms. The second-order valence-corrected chi connectivity index (χ2v) is 6.87. The average molecular weight is 375 g/mol. The van der Waals surface area contributed by atoms with Crippen molar-refractivity contribution in [2.24, 2.45) is 0 Å². The quantitative estimate of drug-likeness (QED) is 0.711. The number of nitrogens with zero attached hydrogens (tertiary/aromatic N) is 5. The van der Waals surface area contributed by atoms with E-state index in [-0.39, 0.29) is 6.67 Å². The smallest absolute Gasteiger partial charge is 0.182 e. The number of hydrogen-bond donors (Lipinski definition) is 1. The van der Waals surface area contributed by atoms with Gasteiger partial charge in [0.05, 0.1) is 0 Å². The Hall–Kier alpha value is -2.25. The van der Waals surface area contributed by atoms with Crippen molar-refractivity contribution in [2.45, 2.75) is 13.0 Å². The predicted octanol–water partition coefficient (Wildman–Crippen LogP) is 3.15. The highest BCUT2D eigenvalue weighted by Gasteiger charge is 2.23. The molecule has 3 aromatic rings. The first-order valence-electron chi connectivity index (χ1n) is 8.67. The number of benzene rings is 1. The maximum absolute atomic E-state index is 12.6. The molecule has 1 saturated heterocycles. The molecule has 136 valence electrons. The second kappa shape index (κ2) is 7.17. The van der Waals surface area contributed by atoms with E-state index in [0.717, 1.165) is 36.7 Å². The van der Waals surface area contributed by atoms with E-state index in [1.54, 1.807) is 0 Å². The summed E-state index contributed by atoms with van der Waals surface area (Å²) in [7, 11) is 0. The molecule has 2 aromatic heterocycles. The van der Waals surface area contributed by atoms with Crippen molar-refractivity contribution in [3.05, 3.63) is 35.7 Å². The largest absolute Gasteiger partial charge is 0.369 e. The molecular formula is C18H20ClFN6. The van der Waals surface area contributed by atoms with Gasteiger partial charge in [0.25, 0.3) is 0 Å². The Balaban J connectivity index is 1.52. The van der Waals surface area contributed by atoms with E-state index in [9.17, 15) is 4.39 Å². The Morgan fingerprint density at radius 3 is 2.73 bits per heavy atom. The minimum absolute atomic E-state index is 0.287. The molecule has 1 atom stereocenters. The van der Waals surface area contributed by atoms with Gasteiger partial charge in [0, 0.05) is 43.5 Å². The average Bonchev–Trinajstić information content (AvgIpc) is 3.09. The summed E-state index contributed by atoms with van der Waals surface area (Å²) in [5.74, 6) is 0.718. The third-order valence-corrected chi connectivity index (χ3v) is 5.17. The summed E-state index contributed by atoms with van der Waals surface area (Å²) in [5, 5.41) is 0.366. The van der Waals surface area contributed by atoms with Gasteiger partial charge < -0.3 is 9.88 Å². The molecule has 1 aromatic carbocycles. The van der Waals surface area contributed by atoms with Crippen LogP contribution in [-0.2, 0) is 0 Å². The molecule has 0 saturated carbocycles. The van der Waals surface area contributed by atoms with Gasteiger partial charge in [-0.25, -0.2) is 19.3 Å². The van der Waals surface area contributed by atoms with E-state index in [4.69, 9.17) is 11.6 Å². The molecule has 1 aliphatic rings. The number of fused-ring (bicyclic) bond motifs is 1. The summed E-state index contributed by atoms with van der Waals surface area (Å²) in [5.41, 5.74) is 3.33. The maximum Gasteiger partial charge on any atom is 0.182 e. The van der Waals surface area contributed by atoms with Gasteiger partial charge in [0.15, 0.2) is 10.8 Å². The van der Waals surface area contributed by atoms with Crippen LogP contribution < -0.4 is 4.90 Å². The van der Waals surface area contributed by atoms with Gasteiger partial charge >= 0.3 is 0 Å². The van der Waals surface area contributed by atoms with E-state index >= 15 is 0 Å². The molecule has 6 nitrogen and oxygen atoms in total. The zero-order chi connectivity index (χ0) is 18.1. The van der Waals surface area contributed by atoms with Gasteiger partial charge in [-0.1, -0.05) is 11.6 Å². The van der Waals surface area contributed by atoms with Gasteiger partial charge in [0.1, 0.15) is 24.3 Å². The Morgan fingerprint density at radius 2 is 2.04 bits per heavy atom. The SMILES string of the molecule is CC1CN(c2ccc(-c3nc4ncnc(Cl)c4[nH]3)cc2)CCN1CCF. The van der Waals surface area contributed by atoms with Crippen LogP contribution in [-0.4, -0.2) is 63.7 Å². The number of aromatic amines is 1. The zero-order valence-electron chi connectivity index (χ0n) is 14.5. The summed E-state index contributed by atoms with van der Waals surface area (Å²) in [6, 6.07) is 8.59. The molecule has 3 heterocycles. The van der Waals surface area contributed by atoms with Crippen molar-refractivity contribution in [2.75, 3.05) is 37.8 Å². The number of imidazole rings is 1. The number of aromatic nitrogens is 4. The normalized spacial score (nSPS) is 18.6. The molecular weight excluding hydrogens is 355 g/mol. The molecule has 0 spiro atoms.